The van der Waals surface area contributed by atoms with E-state index in [1.165, 1.54) is 88.2 Å². The van der Waals surface area contributed by atoms with Gasteiger partial charge in [-0.2, -0.15) is 0 Å². The molecule has 0 saturated heterocycles. The largest absolute Gasteiger partial charge is 0.0654 e. The number of benzene rings is 2. The van der Waals surface area contributed by atoms with E-state index in [1.807, 2.05) is 0 Å². The molecule has 0 spiro atoms. The first-order valence-corrected chi connectivity index (χ1v) is 12.5. The highest BCUT2D eigenvalue weighted by atomic mass is 14.4. The zero-order chi connectivity index (χ0) is 19.9. The molecule has 0 aliphatic heterocycles. The van der Waals surface area contributed by atoms with Crippen molar-refractivity contribution in [2.75, 3.05) is 0 Å². The summed E-state index contributed by atoms with van der Waals surface area (Å²) in [4.78, 5) is 0. The summed E-state index contributed by atoms with van der Waals surface area (Å²) in [5, 5.41) is 0. The number of hydrogen-bond acceptors (Lipinski definition) is 0. The monoisotopic (exact) mass is 388 g/mol. The molecule has 2 fully saturated rings. The molecule has 2 aliphatic rings. The summed E-state index contributed by atoms with van der Waals surface area (Å²) in [5.41, 5.74) is 4.24. The van der Waals surface area contributed by atoms with Crippen LogP contribution in [0.5, 0.6) is 0 Å². The van der Waals surface area contributed by atoms with E-state index in [-0.39, 0.29) is 0 Å². The van der Waals surface area contributed by atoms with Crippen LogP contribution in [0.3, 0.4) is 0 Å². The quantitative estimate of drug-likeness (QED) is 0.415. The van der Waals surface area contributed by atoms with Gasteiger partial charge in [-0.3, -0.25) is 0 Å². The van der Waals surface area contributed by atoms with Gasteiger partial charge in [-0.15, -0.1) is 0 Å². The highest BCUT2D eigenvalue weighted by Gasteiger charge is 2.31. The first-order chi connectivity index (χ1) is 14.3. The minimum atomic E-state index is 0.793. The molecule has 0 radical (unpaired) electrons. The molecule has 29 heavy (non-hydrogen) atoms. The van der Waals surface area contributed by atoms with Crippen molar-refractivity contribution in [3.63, 3.8) is 0 Å². The fourth-order valence-electron chi connectivity index (χ4n) is 6.13. The molecule has 2 aliphatic carbocycles. The van der Waals surface area contributed by atoms with Crippen molar-refractivity contribution in [1.29, 1.82) is 0 Å². The molecule has 156 valence electrons. The summed E-state index contributed by atoms with van der Waals surface area (Å²) in [7, 11) is 0. The van der Waals surface area contributed by atoms with Crippen LogP contribution in [0.2, 0.25) is 0 Å². The van der Waals surface area contributed by atoms with E-state index < -0.39 is 0 Å². The van der Waals surface area contributed by atoms with E-state index in [0.717, 1.165) is 23.7 Å². The van der Waals surface area contributed by atoms with Crippen molar-refractivity contribution in [1.82, 2.24) is 0 Å². The molecule has 0 N–H and O–H groups in total. The molecule has 2 aromatic rings. The van der Waals surface area contributed by atoms with Crippen molar-refractivity contribution >= 4 is 0 Å². The Morgan fingerprint density at radius 1 is 0.621 bits per heavy atom. The standard InChI is InChI=1S/C29H40/c1-2-3-5-8-23-11-13-25(14-12-23)27-19-21-29(22-20-27)28-17-15-26(16-18-28)24-9-6-4-7-10-24/h4,6-7,9-10,15-18,23,25,27,29H,2-3,5,8,11-14,19-22H2,1H3/t23-,25-,27?,29?. The van der Waals surface area contributed by atoms with Crippen LogP contribution in [-0.2, 0) is 0 Å². The second-order valence-electron chi connectivity index (χ2n) is 9.88. The second-order valence-corrected chi connectivity index (χ2v) is 9.88. The average Bonchev–Trinajstić information content (AvgIpc) is 2.81. The number of unbranched alkanes of at least 4 members (excludes halogenated alkanes) is 2. The van der Waals surface area contributed by atoms with E-state index >= 15 is 0 Å². The summed E-state index contributed by atoms with van der Waals surface area (Å²) in [6.45, 7) is 2.32. The summed E-state index contributed by atoms with van der Waals surface area (Å²) < 4.78 is 0. The first-order valence-electron chi connectivity index (χ1n) is 12.5. The van der Waals surface area contributed by atoms with Crippen LogP contribution in [0.25, 0.3) is 11.1 Å². The smallest absolute Gasteiger partial charge is 0.0162 e. The van der Waals surface area contributed by atoms with Gasteiger partial charge in [-0.1, -0.05) is 100 Å². The van der Waals surface area contributed by atoms with E-state index in [2.05, 4.69) is 61.5 Å². The van der Waals surface area contributed by atoms with E-state index in [0.29, 0.717) is 0 Å². The molecule has 0 bridgehead atoms. The second kappa shape index (κ2) is 10.5. The predicted molar refractivity (Wildman–Crippen MR) is 126 cm³/mol. The lowest BCUT2D eigenvalue weighted by Crippen LogP contribution is -2.25. The van der Waals surface area contributed by atoms with Gasteiger partial charge in [0.05, 0.1) is 0 Å². The maximum atomic E-state index is 2.40. The van der Waals surface area contributed by atoms with Gasteiger partial charge in [0, 0.05) is 0 Å². The van der Waals surface area contributed by atoms with Crippen molar-refractivity contribution in [3.05, 3.63) is 60.2 Å². The topological polar surface area (TPSA) is 0 Å². The maximum Gasteiger partial charge on any atom is -0.0162 e. The lowest BCUT2D eigenvalue weighted by atomic mass is 9.68. The highest BCUT2D eigenvalue weighted by molar-refractivity contribution is 5.63. The van der Waals surface area contributed by atoms with Gasteiger partial charge in [-0.25, -0.2) is 0 Å². The van der Waals surface area contributed by atoms with Gasteiger partial charge in [0.15, 0.2) is 0 Å². The lowest BCUT2D eigenvalue weighted by Gasteiger charge is -2.38. The Bertz CT molecular complexity index is 697. The minimum absolute atomic E-state index is 0.793. The normalized spacial score (nSPS) is 27.6. The molecule has 2 aromatic carbocycles. The Morgan fingerprint density at radius 2 is 1.21 bits per heavy atom. The van der Waals surface area contributed by atoms with Crippen LogP contribution in [0.4, 0.5) is 0 Å². The first kappa shape index (κ1) is 20.7. The number of hydrogen-bond donors (Lipinski definition) is 0. The maximum absolute atomic E-state index is 2.40. The Kier molecular flexibility index (Phi) is 7.47. The SMILES string of the molecule is CCCCC[C@H]1CC[C@H](C2CCC(c3ccc(-c4ccccc4)cc3)CC2)CC1. The molecule has 4 rings (SSSR count). The molecule has 0 nitrogen and oxygen atoms in total. The summed E-state index contributed by atoms with van der Waals surface area (Å²) in [5.74, 6) is 3.91. The predicted octanol–water partition coefficient (Wildman–Crippen LogP) is 9.01. The fraction of sp³-hybridized carbons (Fsp3) is 0.586. The Morgan fingerprint density at radius 3 is 1.83 bits per heavy atom. The fourth-order valence-corrected chi connectivity index (χ4v) is 6.13. The van der Waals surface area contributed by atoms with Crippen LogP contribution in [0, 0.1) is 17.8 Å². The third-order valence-corrected chi connectivity index (χ3v) is 8.04. The molecule has 2 saturated carbocycles. The van der Waals surface area contributed by atoms with Crippen molar-refractivity contribution < 1.29 is 0 Å². The molecule has 0 aromatic heterocycles. The van der Waals surface area contributed by atoms with Crippen molar-refractivity contribution in [2.24, 2.45) is 17.8 Å². The highest BCUT2D eigenvalue weighted by Crippen LogP contribution is 2.44. The van der Waals surface area contributed by atoms with Gasteiger partial charge < -0.3 is 0 Å². The molecule has 0 heterocycles. The van der Waals surface area contributed by atoms with E-state index in [1.54, 1.807) is 5.56 Å². The number of rotatable bonds is 7. The zero-order valence-corrected chi connectivity index (χ0v) is 18.5. The van der Waals surface area contributed by atoms with Gasteiger partial charge in [0.2, 0.25) is 0 Å². The Labute approximate surface area is 179 Å². The van der Waals surface area contributed by atoms with Crippen LogP contribution in [0.1, 0.15) is 95.5 Å². The average molecular weight is 389 g/mol. The van der Waals surface area contributed by atoms with Gasteiger partial charge >= 0.3 is 0 Å². The van der Waals surface area contributed by atoms with Gasteiger partial charge in [-0.05, 0) is 78.9 Å². The van der Waals surface area contributed by atoms with Crippen molar-refractivity contribution in [2.45, 2.75) is 89.9 Å². The molecule has 0 amide bonds. The Balaban J connectivity index is 1.24. The van der Waals surface area contributed by atoms with E-state index in [9.17, 15) is 0 Å². The third kappa shape index (κ3) is 5.53. The Hall–Kier alpha value is -1.56. The molecule has 0 heteroatoms. The van der Waals surface area contributed by atoms with Gasteiger partial charge in [0.1, 0.15) is 0 Å². The van der Waals surface area contributed by atoms with Crippen molar-refractivity contribution in [3.8, 4) is 11.1 Å². The zero-order valence-electron chi connectivity index (χ0n) is 18.5. The molecular weight excluding hydrogens is 348 g/mol. The molecule has 0 atom stereocenters. The minimum Gasteiger partial charge on any atom is -0.0654 e. The van der Waals surface area contributed by atoms with Crippen LogP contribution in [-0.4, -0.2) is 0 Å². The summed E-state index contributed by atoms with van der Waals surface area (Å²) in [6, 6.07) is 20.2. The molecular formula is C29H40. The van der Waals surface area contributed by atoms with Crippen LogP contribution in [0.15, 0.2) is 54.6 Å². The third-order valence-electron chi connectivity index (χ3n) is 8.04. The van der Waals surface area contributed by atoms with E-state index in [4.69, 9.17) is 0 Å². The molecule has 0 unspecified atom stereocenters. The van der Waals surface area contributed by atoms with Crippen LogP contribution >= 0.6 is 0 Å². The summed E-state index contributed by atoms with van der Waals surface area (Å²) in [6.07, 6.45) is 17.6. The van der Waals surface area contributed by atoms with Crippen LogP contribution < -0.4 is 0 Å². The lowest BCUT2D eigenvalue weighted by molar-refractivity contribution is 0.155. The summed E-state index contributed by atoms with van der Waals surface area (Å²) >= 11 is 0. The van der Waals surface area contributed by atoms with Gasteiger partial charge in [0.25, 0.3) is 0 Å².